The van der Waals surface area contributed by atoms with Crippen LogP contribution in [0.15, 0.2) is 12.1 Å². The van der Waals surface area contributed by atoms with Gasteiger partial charge in [0.25, 0.3) is 0 Å². The van der Waals surface area contributed by atoms with E-state index in [4.69, 9.17) is 18.3 Å². The molecule has 5 heteroatoms. The van der Waals surface area contributed by atoms with Gasteiger partial charge in [-0.05, 0) is 87.8 Å². The topological polar surface area (TPSA) is 51.2 Å². The van der Waals surface area contributed by atoms with Gasteiger partial charge in [0.1, 0.15) is 11.7 Å². The Hall–Kier alpha value is -1.30. The lowest BCUT2D eigenvalue weighted by Crippen LogP contribution is -2.83. The number of nitrogens with zero attached hydrogens (tertiary/aromatic N) is 1. The fourth-order valence-corrected chi connectivity index (χ4v) is 9.61. The molecule has 1 aromatic rings. The molecule has 4 bridgehead atoms. The molecule has 5 nitrogen and oxygen atoms in total. The zero-order valence-corrected chi connectivity index (χ0v) is 22.4. The van der Waals surface area contributed by atoms with Crippen molar-refractivity contribution in [3.05, 3.63) is 23.3 Å². The summed E-state index contributed by atoms with van der Waals surface area (Å²) in [6.45, 7) is 7.53. The number of aliphatic hydroxyl groups is 1. The number of ether oxygens (including phenoxy) is 3. The molecule has 198 valence electrons. The minimum absolute atomic E-state index is 0.0519. The van der Waals surface area contributed by atoms with Crippen molar-refractivity contribution in [3.8, 4) is 11.5 Å². The maximum atomic E-state index is 12.5. The fourth-order valence-electron chi connectivity index (χ4n) is 9.61. The van der Waals surface area contributed by atoms with Gasteiger partial charge in [-0.2, -0.15) is 0 Å². The minimum Gasteiger partial charge on any atom is -0.493 e. The second kappa shape index (κ2) is 7.21. The Morgan fingerprint density at radius 2 is 2.06 bits per heavy atom. The van der Waals surface area contributed by atoms with E-state index in [1.165, 1.54) is 0 Å². The lowest BCUT2D eigenvalue weighted by Gasteiger charge is -2.75. The van der Waals surface area contributed by atoms with Crippen LogP contribution in [0.25, 0.3) is 0 Å². The van der Waals surface area contributed by atoms with Crippen molar-refractivity contribution in [1.29, 1.82) is 0 Å². The quantitative estimate of drug-likeness (QED) is 0.564. The first kappa shape index (κ1) is 18.9. The van der Waals surface area contributed by atoms with Crippen LogP contribution in [0.4, 0.5) is 0 Å². The Morgan fingerprint density at radius 1 is 1.25 bits per heavy atom. The van der Waals surface area contributed by atoms with Crippen LogP contribution >= 0.6 is 0 Å². The van der Waals surface area contributed by atoms with Gasteiger partial charge in [0.2, 0.25) is 0 Å². The molecule has 36 heavy (non-hydrogen) atoms. The summed E-state index contributed by atoms with van der Waals surface area (Å²) in [4.78, 5) is 2.18. The van der Waals surface area contributed by atoms with Gasteiger partial charge in [0.05, 0.1) is 16.8 Å². The third-order valence-corrected chi connectivity index (χ3v) is 12.3. The normalized spacial score (nSPS) is 44.8. The molecule has 2 spiro atoms. The average Bonchev–Trinajstić information content (AvgIpc) is 3.69. The van der Waals surface area contributed by atoms with Gasteiger partial charge in [0.15, 0.2) is 11.5 Å². The van der Waals surface area contributed by atoms with Crippen molar-refractivity contribution in [2.45, 2.75) is 108 Å². The molecule has 7 atom stereocenters. The zero-order chi connectivity index (χ0) is 29.6. The van der Waals surface area contributed by atoms with Crippen LogP contribution < -0.4 is 9.47 Å². The Kier molecular flexibility index (Phi) is 3.78. The molecule has 7 aliphatic rings. The molecule has 1 aromatic carbocycles. The summed E-state index contributed by atoms with van der Waals surface area (Å²) in [6, 6.07) is 3.65. The highest BCUT2D eigenvalue weighted by molar-refractivity contribution is 5.63. The van der Waals surface area contributed by atoms with E-state index >= 15 is 0 Å². The lowest BCUT2D eigenvalue weighted by molar-refractivity contribution is -0.313. The highest BCUT2D eigenvalue weighted by atomic mass is 16.6. The van der Waals surface area contributed by atoms with Crippen LogP contribution in [0.1, 0.15) is 90.6 Å². The predicted octanol–water partition coefficient (Wildman–Crippen LogP) is 5.11. The Labute approximate surface area is 223 Å². The van der Waals surface area contributed by atoms with Crippen molar-refractivity contribution in [3.63, 3.8) is 0 Å². The maximum Gasteiger partial charge on any atom is 0.165 e. The van der Waals surface area contributed by atoms with E-state index in [-0.39, 0.29) is 29.0 Å². The summed E-state index contributed by atoms with van der Waals surface area (Å²) in [5.74, 6) is 0.556. The molecule has 1 N–H and O–H groups in total. The SMILES string of the molecule is [2H]C([2H])([2H])Oc1ccc2c3c1OC1[C@@]4(OC)CC[C@@]5(C[C@@H]4[C@](C)(O)C(C)(C)CC)[C@@H](C2)N(C([2H])([2H])C2CC2)CC[C@]315. The summed E-state index contributed by atoms with van der Waals surface area (Å²) < 4.78 is 61.3. The molecule has 4 saturated carbocycles. The number of piperidine rings is 1. The molecule has 0 amide bonds. The van der Waals surface area contributed by atoms with Gasteiger partial charge in [-0.25, -0.2) is 0 Å². The summed E-state index contributed by atoms with van der Waals surface area (Å²) in [6.07, 6.45) is 5.84. The maximum absolute atomic E-state index is 12.5. The van der Waals surface area contributed by atoms with E-state index in [1.54, 1.807) is 13.2 Å². The summed E-state index contributed by atoms with van der Waals surface area (Å²) >= 11 is 0. The van der Waals surface area contributed by atoms with E-state index < -0.39 is 41.7 Å². The molecular formula is C31H45NO4. The fraction of sp³-hybridized carbons (Fsp3) is 0.806. The van der Waals surface area contributed by atoms with Crippen LogP contribution in [0, 0.1) is 22.7 Å². The number of rotatable bonds is 7. The second-order valence-electron chi connectivity index (χ2n) is 13.5. The monoisotopic (exact) mass is 500 g/mol. The lowest BCUT2D eigenvalue weighted by atomic mass is 9.33. The number of fused-ring (bicyclic) bond motifs is 2. The van der Waals surface area contributed by atoms with Crippen LogP contribution in [0.2, 0.25) is 0 Å². The van der Waals surface area contributed by atoms with Crippen molar-refractivity contribution in [2.24, 2.45) is 22.7 Å². The van der Waals surface area contributed by atoms with E-state index in [2.05, 4.69) is 25.7 Å². The average molecular weight is 501 g/mol. The zero-order valence-electron chi connectivity index (χ0n) is 27.4. The van der Waals surface area contributed by atoms with E-state index in [9.17, 15) is 7.85 Å². The molecule has 5 fully saturated rings. The molecular weight excluding hydrogens is 450 g/mol. The van der Waals surface area contributed by atoms with E-state index in [1.807, 2.05) is 13.0 Å². The Morgan fingerprint density at radius 3 is 2.75 bits per heavy atom. The first-order valence-electron chi connectivity index (χ1n) is 16.6. The van der Waals surface area contributed by atoms with Gasteiger partial charge >= 0.3 is 0 Å². The third-order valence-electron chi connectivity index (χ3n) is 12.3. The number of hydrogen-bond acceptors (Lipinski definition) is 5. The highest BCUT2D eigenvalue weighted by Gasteiger charge is 2.82. The molecule has 5 aliphatic carbocycles. The summed E-state index contributed by atoms with van der Waals surface area (Å²) in [5, 5.41) is 12.5. The third kappa shape index (κ3) is 2.50. The number of methoxy groups -OCH3 is 2. The van der Waals surface area contributed by atoms with E-state index in [0.29, 0.717) is 38.0 Å². The molecule has 2 heterocycles. The van der Waals surface area contributed by atoms with Gasteiger partial charge in [-0.3, -0.25) is 4.90 Å². The van der Waals surface area contributed by atoms with Gasteiger partial charge in [-0.15, -0.1) is 0 Å². The van der Waals surface area contributed by atoms with Crippen LogP contribution in [-0.2, 0) is 16.6 Å². The molecule has 2 aliphatic heterocycles. The van der Waals surface area contributed by atoms with Gasteiger partial charge < -0.3 is 19.3 Å². The second-order valence-corrected chi connectivity index (χ2v) is 13.5. The Balaban J connectivity index is 1.47. The largest absolute Gasteiger partial charge is 0.493 e. The highest BCUT2D eigenvalue weighted by Crippen LogP contribution is 2.78. The van der Waals surface area contributed by atoms with E-state index in [0.717, 1.165) is 36.8 Å². The molecule has 0 radical (unpaired) electrons. The number of hydrogen-bond donors (Lipinski definition) is 1. The van der Waals surface area contributed by atoms with Crippen molar-refractivity contribution >= 4 is 0 Å². The number of likely N-dealkylation sites (tertiary alicyclic amines) is 1. The van der Waals surface area contributed by atoms with Crippen molar-refractivity contribution < 1.29 is 26.2 Å². The number of benzene rings is 1. The predicted molar refractivity (Wildman–Crippen MR) is 140 cm³/mol. The summed E-state index contributed by atoms with van der Waals surface area (Å²) in [7, 11) is -0.876. The van der Waals surface area contributed by atoms with Crippen molar-refractivity contribution in [1.82, 2.24) is 4.90 Å². The van der Waals surface area contributed by atoms with Crippen LogP contribution in [0.5, 0.6) is 11.5 Å². The standard InChI is InChI=1S/C31H45NO4/c1-7-27(2,3)28(4,33)22-17-29-12-13-31(22,35-6)26-30(29)14-15-32(18-19-8-9-19)23(29)16-20-10-11-21(34-5)25(36-26)24(20)30/h10-11,19,22-23,26,33H,7-9,12-18H2,1-6H3/t22-,23-,26?,28+,29-,30+,31-/m1/s1/i5D3,18D2. The first-order chi connectivity index (χ1) is 19.0. The van der Waals surface area contributed by atoms with Gasteiger partial charge in [0, 0.05) is 44.7 Å². The molecule has 1 unspecified atom stereocenters. The minimum atomic E-state index is -2.62. The molecule has 8 rings (SSSR count). The summed E-state index contributed by atoms with van der Waals surface area (Å²) in [5.41, 5.74) is -0.939. The molecule has 0 aromatic heterocycles. The smallest absolute Gasteiger partial charge is 0.165 e. The van der Waals surface area contributed by atoms with Gasteiger partial charge in [-0.1, -0.05) is 26.8 Å². The first-order valence-corrected chi connectivity index (χ1v) is 14.1. The Bertz CT molecular complexity index is 1280. The van der Waals surface area contributed by atoms with Crippen LogP contribution in [0.3, 0.4) is 0 Å². The molecule has 1 saturated heterocycles. The van der Waals surface area contributed by atoms with Crippen LogP contribution in [-0.4, -0.2) is 60.5 Å². The van der Waals surface area contributed by atoms with Crippen molar-refractivity contribution in [2.75, 3.05) is 27.2 Å².